The molecule has 0 atom stereocenters. The molecule has 0 fully saturated rings. The highest BCUT2D eigenvalue weighted by Gasteiger charge is 2.18. The van der Waals surface area contributed by atoms with Crippen LogP contribution in [0, 0.1) is 0 Å². The highest BCUT2D eigenvalue weighted by Crippen LogP contribution is 2.40. The molecule has 0 aliphatic rings. The number of hydrogen-bond acceptors (Lipinski definition) is 7. The van der Waals surface area contributed by atoms with Crippen molar-refractivity contribution in [2.24, 2.45) is 0 Å². The maximum absolute atomic E-state index is 4.34. The van der Waals surface area contributed by atoms with Gasteiger partial charge in [0.25, 0.3) is 0 Å². The molecule has 0 spiro atoms. The highest BCUT2D eigenvalue weighted by atomic mass is 15.1. The van der Waals surface area contributed by atoms with Crippen molar-refractivity contribution in [1.82, 2.24) is 39.0 Å². The second-order valence-corrected chi connectivity index (χ2v) is 14.3. The molecule has 11 rings (SSSR count). The maximum Gasteiger partial charge on any atom is 0.162 e. The van der Waals surface area contributed by atoms with Crippen LogP contribution in [0.3, 0.4) is 0 Å². The summed E-state index contributed by atoms with van der Waals surface area (Å²) in [5, 5.41) is 3.60. The summed E-state index contributed by atoms with van der Waals surface area (Å²) in [6.07, 6.45) is 8.22. The topological polar surface area (TPSA) is 90.4 Å². The Kier molecular flexibility index (Phi) is 8.25. The molecule has 278 valence electrons. The Morgan fingerprint density at radius 2 is 0.864 bits per heavy atom. The number of fused-ring (bicyclic) bond motifs is 4. The van der Waals surface area contributed by atoms with E-state index in [-0.39, 0.29) is 0 Å². The Morgan fingerprint density at radius 1 is 0.373 bits per heavy atom. The van der Waals surface area contributed by atoms with E-state index in [9.17, 15) is 0 Å². The Labute approximate surface area is 339 Å². The molecule has 0 bridgehead atoms. The summed E-state index contributed by atoms with van der Waals surface area (Å²) < 4.78 is 4.66. The zero-order valence-corrected chi connectivity index (χ0v) is 31.6. The number of para-hydroxylation sites is 2. The molecule has 0 radical (unpaired) electrons. The van der Waals surface area contributed by atoms with E-state index in [1.54, 1.807) is 0 Å². The van der Waals surface area contributed by atoms with Gasteiger partial charge in [-0.3, -0.25) is 0 Å². The van der Waals surface area contributed by atoms with Crippen LogP contribution in [0.4, 0.5) is 17.1 Å². The number of anilines is 3. The predicted molar refractivity (Wildman–Crippen MR) is 235 cm³/mol. The monoisotopic (exact) mass is 759 g/mol. The van der Waals surface area contributed by atoms with Crippen LogP contribution in [0.15, 0.2) is 201 Å². The van der Waals surface area contributed by atoms with Crippen molar-refractivity contribution >= 4 is 49.8 Å². The molecular weight excluding hydrogens is 727 g/mol. The van der Waals surface area contributed by atoms with Crippen LogP contribution in [-0.2, 0) is 0 Å². The Bertz CT molecular complexity index is 3140. The molecule has 0 saturated heterocycles. The van der Waals surface area contributed by atoms with E-state index >= 15 is 0 Å². The molecule has 0 aliphatic carbocycles. The second kappa shape index (κ2) is 14.3. The van der Waals surface area contributed by atoms with Gasteiger partial charge in [-0.05, 0) is 126 Å². The smallest absolute Gasteiger partial charge is 0.162 e. The summed E-state index contributed by atoms with van der Waals surface area (Å²) in [4.78, 5) is 27.6. The van der Waals surface area contributed by atoms with Crippen molar-refractivity contribution in [3.63, 3.8) is 0 Å². The van der Waals surface area contributed by atoms with Crippen LogP contribution in [-0.4, -0.2) is 39.0 Å². The molecule has 4 aromatic heterocycles. The van der Waals surface area contributed by atoms with Crippen LogP contribution in [0.25, 0.3) is 78.0 Å². The van der Waals surface area contributed by atoms with Gasteiger partial charge in [0.15, 0.2) is 11.6 Å². The molecule has 0 saturated carbocycles. The van der Waals surface area contributed by atoms with Crippen molar-refractivity contribution < 1.29 is 0 Å². The highest BCUT2D eigenvalue weighted by molar-refractivity contribution is 6.14. The molecule has 11 aromatic rings. The van der Waals surface area contributed by atoms with E-state index in [1.807, 2.05) is 24.3 Å². The summed E-state index contributed by atoms with van der Waals surface area (Å²) in [5.41, 5.74) is 12.9. The van der Waals surface area contributed by atoms with Gasteiger partial charge in [-0.25, -0.2) is 29.9 Å². The summed E-state index contributed by atoms with van der Waals surface area (Å²) >= 11 is 0. The van der Waals surface area contributed by atoms with E-state index in [0.717, 1.165) is 56.2 Å². The Hall–Kier alpha value is -8.30. The van der Waals surface area contributed by atoms with Crippen LogP contribution in [0.2, 0.25) is 0 Å². The minimum absolute atomic E-state index is 0.627. The predicted octanol–water partition coefficient (Wildman–Crippen LogP) is 11.6. The fourth-order valence-electron chi connectivity index (χ4n) is 8.04. The van der Waals surface area contributed by atoms with E-state index < -0.39 is 0 Å². The average Bonchev–Trinajstić information content (AvgIpc) is 3.88. The standard InChI is InChI=1S/C50H33N9/c1-3-7-39(8-4-1)57-26-25-38-28-48-45(29-47(38)57)44-27-37(17-24-46(44)59(48)40-9-5-2-6-10-40)34-11-18-41(19-12-34)58(42-20-13-35(14-21-42)49-53-30-51-31-54-49)43-22-15-36(16-23-43)50-55-32-52-33-56-50/h1-33H. The maximum atomic E-state index is 4.34. The largest absolute Gasteiger partial charge is 0.317 e. The van der Waals surface area contributed by atoms with E-state index in [0.29, 0.717) is 11.6 Å². The first-order valence-electron chi connectivity index (χ1n) is 19.3. The minimum atomic E-state index is 0.627. The third-order valence-electron chi connectivity index (χ3n) is 10.8. The lowest BCUT2D eigenvalue weighted by Gasteiger charge is -2.26. The molecular formula is C50H33N9. The normalized spacial score (nSPS) is 11.4. The van der Waals surface area contributed by atoms with Crippen LogP contribution in [0.1, 0.15) is 0 Å². The molecule has 9 nitrogen and oxygen atoms in total. The average molecular weight is 760 g/mol. The van der Waals surface area contributed by atoms with E-state index in [1.165, 1.54) is 52.5 Å². The quantitative estimate of drug-likeness (QED) is 0.152. The number of rotatable bonds is 8. The summed E-state index contributed by atoms with van der Waals surface area (Å²) in [6.45, 7) is 0. The van der Waals surface area contributed by atoms with Crippen molar-refractivity contribution in [2.75, 3.05) is 4.90 Å². The fraction of sp³-hybridized carbons (Fsp3) is 0. The molecule has 0 aliphatic heterocycles. The van der Waals surface area contributed by atoms with Crippen LogP contribution >= 0.6 is 0 Å². The van der Waals surface area contributed by atoms with Crippen LogP contribution < -0.4 is 4.90 Å². The van der Waals surface area contributed by atoms with Crippen LogP contribution in [0.5, 0.6) is 0 Å². The van der Waals surface area contributed by atoms with Gasteiger partial charge in [0.2, 0.25) is 0 Å². The van der Waals surface area contributed by atoms with Gasteiger partial charge in [-0.2, -0.15) is 0 Å². The van der Waals surface area contributed by atoms with Gasteiger partial charge in [-0.15, -0.1) is 0 Å². The number of aromatic nitrogens is 8. The molecule has 0 unspecified atom stereocenters. The zero-order valence-electron chi connectivity index (χ0n) is 31.6. The zero-order chi connectivity index (χ0) is 39.1. The first kappa shape index (κ1) is 34.0. The first-order chi connectivity index (χ1) is 29.2. The van der Waals surface area contributed by atoms with E-state index in [4.69, 9.17) is 0 Å². The molecule has 0 N–H and O–H groups in total. The molecule has 7 aromatic carbocycles. The summed E-state index contributed by atoms with van der Waals surface area (Å²) in [6, 6.07) is 60.2. The number of benzene rings is 7. The van der Waals surface area contributed by atoms with Gasteiger partial charge in [0.1, 0.15) is 25.3 Å². The lowest BCUT2D eigenvalue weighted by atomic mass is 10.0. The molecule has 4 heterocycles. The molecule has 59 heavy (non-hydrogen) atoms. The van der Waals surface area contributed by atoms with Crippen molar-refractivity contribution in [2.45, 2.75) is 0 Å². The third-order valence-corrected chi connectivity index (χ3v) is 10.8. The Balaban J connectivity index is 1.01. The van der Waals surface area contributed by atoms with E-state index in [2.05, 4.69) is 196 Å². The van der Waals surface area contributed by atoms with Crippen molar-refractivity contribution in [1.29, 1.82) is 0 Å². The first-order valence-corrected chi connectivity index (χ1v) is 19.3. The SMILES string of the molecule is c1ccc(-n2ccc3cc4c(cc32)c2cc(-c3ccc(N(c5ccc(-c6ncncn6)cc5)c5ccc(-c6ncncn6)cc5)cc3)ccc2n4-c2ccccc2)cc1. The minimum Gasteiger partial charge on any atom is -0.317 e. The van der Waals surface area contributed by atoms with Gasteiger partial charge in [-0.1, -0.05) is 54.6 Å². The fourth-order valence-corrected chi connectivity index (χ4v) is 8.04. The van der Waals surface area contributed by atoms with Gasteiger partial charge >= 0.3 is 0 Å². The Morgan fingerprint density at radius 3 is 1.42 bits per heavy atom. The summed E-state index contributed by atoms with van der Waals surface area (Å²) in [7, 11) is 0. The lowest BCUT2D eigenvalue weighted by Crippen LogP contribution is -2.10. The second-order valence-electron chi connectivity index (χ2n) is 14.3. The van der Waals surface area contributed by atoms with Gasteiger partial charge < -0.3 is 14.0 Å². The van der Waals surface area contributed by atoms with Gasteiger partial charge in [0, 0.05) is 61.9 Å². The number of nitrogens with zero attached hydrogens (tertiary/aromatic N) is 9. The van der Waals surface area contributed by atoms with Crippen molar-refractivity contribution in [3.05, 3.63) is 201 Å². The third kappa shape index (κ3) is 6.14. The lowest BCUT2D eigenvalue weighted by molar-refractivity contribution is 1.06. The van der Waals surface area contributed by atoms with Crippen molar-refractivity contribution in [3.8, 4) is 45.3 Å². The number of hydrogen-bond donors (Lipinski definition) is 0. The van der Waals surface area contributed by atoms with Gasteiger partial charge in [0.05, 0.1) is 16.6 Å². The molecule has 0 amide bonds. The summed E-state index contributed by atoms with van der Waals surface area (Å²) in [5.74, 6) is 1.25. The molecule has 9 heteroatoms.